The Bertz CT molecular complexity index is 923. The van der Waals surface area contributed by atoms with E-state index in [4.69, 9.17) is 5.73 Å². The second-order valence-corrected chi connectivity index (χ2v) is 4.98. The normalized spacial score (nSPS) is 10.6. The van der Waals surface area contributed by atoms with Crippen LogP contribution in [0.1, 0.15) is 5.69 Å². The summed E-state index contributed by atoms with van der Waals surface area (Å²) in [6, 6.07) is 5.52. The van der Waals surface area contributed by atoms with Gasteiger partial charge in [-0.2, -0.15) is 9.37 Å². The number of aryl methyl sites for hydroxylation is 1. The number of carbonyl (C=O) groups excluding carboxylic acids is 1. The molecular formula is C15H12F2N6O. The summed E-state index contributed by atoms with van der Waals surface area (Å²) in [5, 5.41) is 6.21. The molecule has 0 spiro atoms. The number of carbonyl (C=O) groups is 1. The van der Waals surface area contributed by atoms with Gasteiger partial charge in [0.05, 0.1) is 5.69 Å². The third-order valence-electron chi connectivity index (χ3n) is 3.21. The first-order valence-corrected chi connectivity index (χ1v) is 6.85. The fraction of sp³-hybridized carbons (Fsp3) is 0.0667. The molecule has 7 nitrogen and oxygen atoms in total. The number of nitrogens with zero attached hydrogens (tertiary/aromatic N) is 3. The van der Waals surface area contributed by atoms with Crippen molar-refractivity contribution in [1.82, 2.24) is 15.0 Å². The smallest absolute Gasteiger partial charge is 0.326 e. The molecule has 1 aromatic carbocycles. The summed E-state index contributed by atoms with van der Waals surface area (Å²) < 4.78 is 26.5. The molecule has 0 saturated heterocycles. The third-order valence-corrected chi connectivity index (χ3v) is 3.21. The molecule has 0 radical (unpaired) electrons. The van der Waals surface area contributed by atoms with Crippen LogP contribution in [0.2, 0.25) is 0 Å². The number of nitrogens with one attached hydrogen (secondary N) is 2. The zero-order chi connectivity index (χ0) is 17.3. The molecular weight excluding hydrogens is 318 g/mol. The van der Waals surface area contributed by atoms with E-state index in [0.717, 1.165) is 5.39 Å². The van der Waals surface area contributed by atoms with Gasteiger partial charge in [-0.3, -0.25) is 5.32 Å². The number of nitrogen functional groups attached to an aromatic ring is 1. The van der Waals surface area contributed by atoms with E-state index in [1.54, 1.807) is 18.2 Å². The van der Waals surface area contributed by atoms with Crippen LogP contribution in [0.15, 0.2) is 30.5 Å². The van der Waals surface area contributed by atoms with Gasteiger partial charge in [-0.1, -0.05) is 6.07 Å². The molecule has 122 valence electrons. The molecule has 2 heterocycles. The molecule has 0 saturated carbocycles. The van der Waals surface area contributed by atoms with Crippen molar-refractivity contribution >= 4 is 34.3 Å². The van der Waals surface area contributed by atoms with Gasteiger partial charge >= 0.3 is 6.03 Å². The van der Waals surface area contributed by atoms with Crippen molar-refractivity contribution in [1.29, 1.82) is 0 Å². The highest BCUT2D eigenvalue weighted by Gasteiger charge is 2.11. The van der Waals surface area contributed by atoms with Crippen LogP contribution in [-0.4, -0.2) is 21.0 Å². The molecule has 0 bridgehead atoms. The van der Waals surface area contributed by atoms with Gasteiger partial charge in [0.15, 0.2) is 11.6 Å². The van der Waals surface area contributed by atoms with E-state index in [2.05, 4.69) is 25.6 Å². The highest BCUT2D eigenvalue weighted by Crippen LogP contribution is 2.19. The SMILES string of the molecule is Cc1nc(NC(=O)Nc2ccc3cnc(F)cc3c2)nc(N)c1F. The highest BCUT2D eigenvalue weighted by molar-refractivity contribution is 6.00. The molecule has 24 heavy (non-hydrogen) atoms. The number of amides is 2. The van der Waals surface area contributed by atoms with Crippen LogP contribution in [0.25, 0.3) is 10.8 Å². The number of fused-ring (bicyclic) bond motifs is 1. The minimum atomic E-state index is -0.730. The van der Waals surface area contributed by atoms with E-state index in [-0.39, 0.29) is 17.5 Å². The van der Waals surface area contributed by atoms with Crippen LogP contribution in [0.4, 0.5) is 31.0 Å². The van der Waals surface area contributed by atoms with Crippen LogP contribution >= 0.6 is 0 Å². The first kappa shape index (κ1) is 15.5. The van der Waals surface area contributed by atoms with Gasteiger partial charge in [0.2, 0.25) is 11.9 Å². The number of hydrogen-bond acceptors (Lipinski definition) is 5. The number of urea groups is 1. The van der Waals surface area contributed by atoms with Gasteiger partial charge in [-0.05, 0) is 24.4 Å². The number of aromatic nitrogens is 3. The fourth-order valence-electron chi connectivity index (χ4n) is 2.09. The Morgan fingerprint density at radius 3 is 2.67 bits per heavy atom. The topological polar surface area (TPSA) is 106 Å². The summed E-state index contributed by atoms with van der Waals surface area (Å²) in [5.74, 6) is -1.83. The van der Waals surface area contributed by atoms with Gasteiger partial charge in [0, 0.05) is 23.3 Å². The first-order valence-electron chi connectivity index (χ1n) is 6.85. The summed E-state index contributed by atoms with van der Waals surface area (Å²) in [6.07, 6.45) is 1.40. The number of benzene rings is 1. The van der Waals surface area contributed by atoms with Crippen molar-refractivity contribution in [3.05, 3.63) is 47.9 Å². The number of pyridine rings is 1. The zero-order valence-electron chi connectivity index (χ0n) is 12.5. The summed E-state index contributed by atoms with van der Waals surface area (Å²) in [6.45, 7) is 1.41. The molecule has 0 atom stereocenters. The molecule has 2 aromatic heterocycles. The predicted molar refractivity (Wildman–Crippen MR) is 85.5 cm³/mol. The Kier molecular flexibility index (Phi) is 3.90. The lowest BCUT2D eigenvalue weighted by Gasteiger charge is -2.09. The summed E-state index contributed by atoms with van der Waals surface area (Å²) >= 11 is 0. The van der Waals surface area contributed by atoms with Crippen LogP contribution in [0, 0.1) is 18.7 Å². The van der Waals surface area contributed by atoms with Crippen LogP contribution in [0.3, 0.4) is 0 Å². The average molecular weight is 330 g/mol. The van der Waals surface area contributed by atoms with Gasteiger partial charge < -0.3 is 11.1 Å². The quantitative estimate of drug-likeness (QED) is 0.627. The van der Waals surface area contributed by atoms with Crippen molar-refractivity contribution < 1.29 is 13.6 Å². The summed E-state index contributed by atoms with van der Waals surface area (Å²) in [7, 11) is 0. The first-order chi connectivity index (χ1) is 11.4. The van der Waals surface area contributed by atoms with Gasteiger partial charge in [0.25, 0.3) is 0 Å². The average Bonchev–Trinajstić information content (AvgIpc) is 2.52. The molecule has 3 rings (SSSR count). The molecule has 9 heteroatoms. The standard InChI is InChI=1S/C15H12F2N6O/c1-7-12(17)13(18)22-14(20-7)23-15(24)21-10-3-2-8-6-19-11(16)5-9(8)4-10/h2-6H,1H3,(H4,18,20,21,22,23,24). The maximum atomic E-state index is 13.4. The lowest BCUT2D eigenvalue weighted by molar-refractivity contribution is 0.262. The molecule has 0 unspecified atom stereocenters. The van der Waals surface area contributed by atoms with Crippen molar-refractivity contribution in [2.75, 3.05) is 16.4 Å². The largest absolute Gasteiger partial charge is 0.381 e. The molecule has 0 aliphatic heterocycles. The number of anilines is 3. The molecule has 4 N–H and O–H groups in total. The van der Waals surface area contributed by atoms with Crippen molar-refractivity contribution in [2.24, 2.45) is 0 Å². The van der Waals surface area contributed by atoms with Crippen LogP contribution < -0.4 is 16.4 Å². The van der Waals surface area contributed by atoms with E-state index >= 15 is 0 Å². The Morgan fingerprint density at radius 1 is 1.12 bits per heavy atom. The summed E-state index contributed by atoms with van der Waals surface area (Å²) in [5.41, 5.74) is 5.83. The minimum Gasteiger partial charge on any atom is -0.381 e. The second-order valence-electron chi connectivity index (χ2n) is 4.98. The molecule has 2 amide bonds. The van der Waals surface area contributed by atoms with Crippen LogP contribution in [0.5, 0.6) is 0 Å². The van der Waals surface area contributed by atoms with Crippen LogP contribution in [-0.2, 0) is 0 Å². The van der Waals surface area contributed by atoms with E-state index in [9.17, 15) is 13.6 Å². The monoisotopic (exact) mass is 330 g/mol. The minimum absolute atomic E-state index is 0.0199. The van der Waals surface area contributed by atoms with E-state index in [0.29, 0.717) is 11.1 Å². The highest BCUT2D eigenvalue weighted by atomic mass is 19.1. The van der Waals surface area contributed by atoms with E-state index in [1.165, 1.54) is 19.2 Å². The fourth-order valence-corrected chi connectivity index (χ4v) is 2.09. The van der Waals surface area contributed by atoms with E-state index < -0.39 is 17.8 Å². The molecule has 0 fully saturated rings. The molecule has 0 aliphatic carbocycles. The maximum absolute atomic E-state index is 13.4. The Balaban J connectivity index is 1.77. The van der Waals surface area contributed by atoms with Crippen molar-refractivity contribution in [3.8, 4) is 0 Å². The Hall–Kier alpha value is -3.36. The number of nitrogens with two attached hydrogens (primary N) is 1. The lowest BCUT2D eigenvalue weighted by Crippen LogP contribution is -2.21. The maximum Gasteiger partial charge on any atom is 0.326 e. The van der Waals surface area contributed by atoms with Gasteiger partial charge in [-0.25, -0.2) is 19.2 Å². The Morgan fingerprint density at radius 2 is 1.92 bits per heavy atom. The second kappa shape index (κ2) is 6.03. The lowest BCUT2D eigenvalue weighted by atomic mass is 10.1. The van der Waals surface area contributed by atoms with Gasteiger partial charge in [0.1, 0.15) is 0 Å². The molecule has 3 aromatic rings. The number of hydrogen-bond donors (Lipinski definition) is 3. The Labute approximate surface area is 134 Å². The van der Waals surface area contributed by atoms with Crippen molar-refractivity contribution in [3.63, 3.8) is 0 Å². The third kappa shape index (κ3) is 3.19. The number of halogens is 2. The number of rotatable bonds is 2. The van der Waals surface area contributed by atoms with E-state index in [1.807, 2.05) is 0 Å². The van der Waals surface area contributed by atoms with Gasteiger partial charge in [-0.15, -0.1) is 0 Å². The predicted octanol–water partition coefficient (Wildman–Crippen LogP) is 2.84. The molecule has 0 aliphatic rings. The zero-order valence-corrected chi connectivity index (χ0v) is 12.5. The summed E-state index contributed by atoms with van der Waals surface area (Å²) in [4.78, 5) is 22.9. The van der Waals surface area contributed by atoms with Crippen molar-refractivity contribution in [2.45, 2.75) is 6.92 Å².